The number of fused-ring (bicyclic) bond motifs is 3. The van der Waals surface area contributed by atoms with Gasteiger partial charge in [-0.15, -0.1) is 0 Å². The molecule has 0 bridgehead atoms. The standard InChI is InChI=1S/C21H20N4O2S/c1-12-7-6-10-16(13(12)2)25-20(27)19-18(14-8-4-5-9-15(14)23-19)24-21(25)28-11-17(26)22-3/h4-10,23H,11H2,1-3H3,(H,22,26). The summed E-state index contributed by atoms with van der Waals surface area (Å²) in [6.07, 6.45) is 0. The van der Waals surface area contributed by atoms with Crippen LogP contribution in [0.25, 0.3) is 27.6 Å². The van der Waals surface area contributed by atoms with Crippen molar-refractivity contribution in [2.24, 2.45) is 0 Å². The van der Waals surface area contributed by atoms with E-state index in [1.807, 2.05) is 56.3 Å². The maximum Gasteiger partial charge on any atom is 0.283 e. The number of hydrogen-bond donors (Lipinski definition) is 2. The third-order valence-electron chi connectivity index (χ3n) is 4.92. The molecular weight excluding hydrogens is 372 g/mol. The van der Waals surface area contributed by atoms with Crippen molar-refractivity contribution < 1.29 is 4.79 Å². The number of amides is 1. The average molecular weight is 392 g/mol. The van der Waals surface area contributed by atoms with Crippen molar-refractivity contribution in [3.05, 3.63) is 63.9 Å². The summed E-state index contributed by atoms with van der Waals surface area (Å²) in [4.78, 5) is 33.3. The van der Waals surface area contributed by atoms with Crippen molar-refractivity contribution in [2.45, 2.75) is 19.0 Å². The first-order valence-electron chi connectivity index (χ1n) is 8.94. The van der Waals surface area contributed by atoms with E-state index in [2.05, 4.69) is 10.3 Å². The molecule has 0 aliphatic rings. The Labute approximate surface area is 166 Å². The molecule has 0 aliphatic carbocycles. The molecule has 2 aromatic carbocycles. The number of carbonyl (C=O) groups excluding carboxylic acids is 1. The molecule has 4 rings (SSSR count). The molecule has 0 unspecified atom stereocenters. The molecule has 0 fully saturated rings. The molecule has 4 aromatic rings. The number of aryl methyl sites for hydroxylation is 1. The summed E-state index contributed by atoms with van der Waals surface area (Å²) in [5, 5.41) is 4.00. The minimum absolute atomic E-state index is 0.120. The lowest BCUT2D eigenvalue weighted by Crippen LogP contribution is -2.24. The lowest BCUT2D eigenvalue weighted by atomic mass is 10.1. The van der Waals surface area contributed by atoms with Gasteiger partial charge in [0.05, 0.1) is 11.4 Å². The summed E-state index contributed by atoms with van der Waals surface area (Å²) in [5.41, 5.74) is 4.65. The van der Waals surface area contributed by atoms with Gasteiger partial charge in [-0.05, 0) is 37.1 Å². The van der Waals surface area contributed by atoms with Crippen molar-refractivity contribution in [3.63, 3.8) is 0 Å². The van der Waals surface area contributed by atoms with E-state index in [0.717, 1.165) is 27.7 Å². The number of rotatable bonds is 4. The van der Waals surface area contributed by atoms with Crippen molar-refractivity contribution in [1.29, 1.82) is 0 Å². The van der Waals surface area contributed by atoms with E-state index in [1.54, 1.807) is 11.6 Å². The number of nitrogens with one attached hydrogen (secondary N) is 2. The van der Waals surface area contributed by atoms with E-state index in [-0.39, 0.29) is 17.2 Å². The number of benzene rings is 2. The van der Waals surface area contributed by atoms with Crippen LogP contribution in [0.15, 0.2) is 52.4 Å². The van der Waals surface area contributed by atoms with Gasteiger partial charge in [-0.3, -0.25) is 14.2 Å². The molecule has 7 heteroatoms. The van der Waals surface area contributed by atoms with E-state index in [0.29, 0.717) is 16.2 Å². The second kappa shape index (κ2) is 7.16. The Morgan fingerprint density at radius 3 is 2.75 bits per heavy atom. The van der Waals surface area contributed by atoms with Crippen LogP contribution in [0.1, 0.15) is 11.1 Å². The molecule has 0 spiro atoms. The first-order chi connectivity index (χ1) is 13.5. The van der Waals surface area contributed by atoms with Gasteiger partial charge in [0.15, 0.2) is 5.16 Å². The van der Waals surface area contributed by atoms with Crippen LogP contribution < -0.4 is 10.9 Å². The second-order valence-corrected chi connectivity index (χ2v) is 7.55. The highest BCUT2D eigenvalue weighted by atomic mass is 32.2. The minimum Gasteiger partial charge on any atom is -0.358 e. The Morgan fingerprint density at radius 2 is 1.96 bits per heavy atom. The fraction of sp³-hybridized carbons (Fsp3) is 0.190. The smallest absolute Gasteiger partial charge is 0.283 e. The van der Waals surface area contributed by atoms with Crippen molar-refractivity contribution in [3.8, 4) is 5.69 Å². The first-order valence-corrected chi connectivity index (χ1v) is 9.93. The van der Waals surface area contributed by atoms with Crippen LogP contribution in [0, 0.1) is 13.8 Å². The van der Waals surface area contributed by atoms with Gasteiger partial charge < -0.3 is 10.3 Å². The lowest BCUT2D eigenvalue weighted by Gasteiger charge is -2.15. The Hall–Kier alpha value is -3.06. The number of carbonyl (C=O) groups is 1. The van der Waals surface area contributed by atoms with E-state index in [4.69, 9.17) is 4.98 Å². The van der Waals surface area contributed by atoms with Crippen LogP contribution in [0.3, 0.4) is 0 Å². The highest BCUT2D eigenvalue weighted by Gasteiger charge is 2.19. The number of aromatic nitrogens is 3. The monoisotopic (exact) mass is 392 g/mol. The number of hydrogen-bond acceptors (Lipinski definition) is 4. The fourth-order valence-electron chi connectivity index (χ4n) is 3.23. The summed E-state index contributed by atoms with van der Waals surface area (Å²) in [5.74, 6) is 0.0626. The Bertz CT molecular complexity index is 1270. The number of aromatic amines is 1. The molecule has 142 valence electrons. The van der Waals surface area contributed by atoms with Crippen LogP contribution in [-0.2, 0) is 4.79 Å². The molecule has 2 heterocycles. The van der Waals surface area contributed by atoms with Crippen LogP contribution in [0.4, 0.5) is 0 Å². The average Bonchev–Trinajstić information content (AvgIpc) is 3.08. The normalized spacial score (nSPS) is 11.2. The van der Waals surface area contributed by atoms with Gasteiger partial charge in [-0.25, -0.2) is 4.98 Å². The van der Waals surface area contributed by atoms with E-state index < -0.39 is 0 Å². The summed E-state index contributed by atoms with van der Waals surface area (Å²) in [7, 11) is 1.59. The Kier molecular flexibility index (Phi) is 4.68. The summed E-state index contributed by atoms with van der Waals surface area (Å²) >= 11 is 1.26. The molecule has 0 saturated heterocycles. The topological polar surface area (TPSA) is 79.8 Å². The first kappa shape index (κ1) is 18.3. The summed E-state index contributed by atoms with van der Waals surface area (Å²) < 4.78 is 1.60. The molecule has 2 N–H and O–H groups in total. The van der Waals surface area contributed by atoms with Gasteiger partial charge >= 0.3 is 0 Å². The van der Waals surface area contributed by atoms with Crippen molar-refractivity contribution >= 4 is 39.6 Å². The molecule has 6 nitrogen and oxygen atoms in total. The van der Waals surface area contributed by atoms with Crippen LogP contribution in [0.5, 0.6) is 0 Å². The molecule has 0 aliphatic heterocycles. The fourth-order valence-corrected chi connectivity index (χ4v) is 4.10. The van der Waals surface area contributed by atoms with Gasteiger partial charge in [0.25, 0.3) is 5.56 Å². The molecular formula is C21H20N4O2S. The third kappa shape index (κ3) is 2.97. The van der Waals surface area contributed by atoms with Gasteiger partial charge in [0.1, 0.15) is 11.0 Å². The molecule has 0 radical (unpaired) electrons. The lowest BCUT2D eigenvalue weighted by molar-refractivity contribution is -0.118. The molecule has 28 heavy (non-hydrogen) atoms. The van der Waals surface area contributed by atoms with Crippen molar-refractivity contribution in [1.82, 2.24) is 19.9 Å². The third-order valence-corrected chi connectivity index (χ3v) is 5.86. The maximum absolute atomic E-state index is 13.5. The van der Waals surface area contributed by atoms with Crippen LogP contribution in [0.2, 0.25) is 0 Å². The number of H-pyrrole nitrogens is 1. The van der Waals surface area contributed by atoms with E-state index in [1.165, 1.54) is 11.8 Å². The van der Waals surface area contributed by atoms with Crippen LogP contribution in [-0.4, -0.2) is 33.2 Å². The highest BCUT2D eigenvalue weighted by Crippen LogP contribution is 2.27. The Balaban J connectivity index is 2.04. The van der Waals surface area contributed by atoms with Gasteiger partial charge in [0, 0.05) is 18.0 Å². The SMILES string of the molecule is CNC(=O)CSc1nc2c([nH]c3ccccc32)c(=O)n1-c1cccc(C)c1C. The molecule has 1 amide bonds. The number of para-hydroxylation sites is 1. The predicted molar refractivity (Wildman–Crippen MR) is 113 cm³/mol. The van der Waals surface area contributed by atoms with Crippen molar-refractivity contribution in [2.75, 3.05) is 12.8 Å². The Morgan fingerprint density at radius 1 is 1.18 bits per heavy atom. The minimum atomic E-state index is -0.172. The van der Waals surface area contributed by atoms with Gasteiger partial charge in [0.2, 0.25) is 5.91 Å². The van der Waals surface area contributed by atoms with Crippen LogP contribution >= 0.6 is 11.8 Å². The maximum atomic E-state index is 13.5. The highest BCUT2D eigenvalue weighted by molar-refractivity contribution is 7.99. The molecule has 0 saturated carbocycles. The van der Waals surface area contributed by atoms with Gasteiger partial charge in [-0.2, -0.15) is 0 Å². The van der Waals surface area contributed by atoms with E-state index in [9.17, 15) is 9.59 Å². The predicted octanol–water partition coefficient (Wildman–Crippen LogP) is 3.32. The quantitative estimate of drug-likeness (QED) is 0.412. The summed E-state index contributed by atoms with van der Waals surface area (Å²) in [6.45, 7) is 4.00. The zero-order valence-corrected chi connectivity index (χ0v) is 16.7. The largest absolute Gasteiger partial charge is 0.358 e. The number of thioether (sulfide) groups is 1. The van der Waals surface area contributed by atoms with Gasteiger partial charge in [-0.1, -0.05) is 42.1 Å². The second-order valence-electron chi connectivity index (χ2n) is 6.61. The zero-order chi connectivity index (χ0) is 19.8. The molecule has 0 atom stereocenters. The number of nitrogens with zero attached hydrogens (tertiary/aromatic N) is 2. The summed E-state index contributed by atoms with van der Waals surface area (Å²) in [6, 6.07) is 13.5. The van der Waals surface area contributed by atoms with E-state index >= 15 is 0 Å². The molecule has 2 aromatic heterocycles. The zero-order valence-electron chi connectivity index (χ0n) is 15.9.